The highest BCUT2D eigenvalue weighted by molar-refractivity contribution is 6.29. The van der Waals surface area contributed by atoms with E-state index in [2.05, 4.69) is 15.1 Å². The van der Waals surface area contributed by atoms with Crippen LogP contribution >= 0.6 is 11.6 Å². The van der Waals surface area contributed by atoms with Gasteiger partial charge in [0, 0.05) is 18.0 Å². The number of fused-ring (bicyclic) bond motifs is 1. The van der Waals surface area contributed by atoms with Gasteiger partial charge in [-0.25, -0.2) is 4.98 Å². The maximum Gasteiger partial charge on any atom is 0.453 e. The Bertz CT molecular complexity index is 930. The maximum atomic E-state index is 12.8. The van der Waals surface area contributed by atoms with E-state index in [9.17, 15) is 18.0 Å². The smallest absolute Gasteiger partial charge is 0.310 e. The third kappa shape index (κ3) is 2.91. The second kappa shape index (κ2) is 5.34. The Hall–Kier alpha value is -2.42. The van der Waals surface area contributed by atoms with Gasteiger partial charge in [0.15, 0.2) is 0 Å². The number of alkyl halides is 3. The molecular formula is C13H9ClF3N5O. The van der Waals surface area contributed by atoms with Gasteiger partial charge in [-0.05, 0) is 18.6 Å². The molecule has 0 amide bonds. The normalized spacial score (nSPS) is 12.0. The van der Waals surface area contributed by atoms with Crippen LogP contribution in [0.1, 0.15) is 17.1 Å². The van der Waals surface area contributed by atoms with Gasteiger partial charge in [0.1, 0.15) is 5.15 Å². The van der Waals surface area contributed by atoms with E-state index < -0.39 is 17.6 Å². The van der Waals surface area contributed by atoms with Crippen LogP contribution in [0.25, 0.3) is 5.78 Å². The van der Waals surface area contributed by atoms with Crippen LogP contribution in [0.2, 0.25) is 5.15 Å². The van der Waals surface area contributed by atoms with Gasteiger partial charge in [0.25, 0.3) is 11.4 Å². The molecule has 0 unspecified atom stereocenters. The Morgan fingerprint density at radius 1 is 1.30 bits per heavy atom. The zero-order valence-electron chi connectivity index (χ0n) is 11.7. The first-order chi connectivity index (χ1) is 10.8. The lowest BCUT2D eigenvalue weighted by Crippen LogP contribution is -2.20. The molecule has 3 rings (SSSR count). The fourth-order valence-corrected chi connectivity index (χ4v) is 2.21. The van der Waals surface area contributed by atoms with Crippen LogP contribution in [0.4, 0.5) is 13.2 Å². The van der Waals surface area contributed by atoms with E-state index >= 15 is 0 Å². The fraction of sp³-hybridized carbons (Fsp3) is 0.231. The summed E-state index contributed by atoms with van der Waals surface area (Å²) in [7, 11) is 0. The standard InChI is InChI=1S/C13H9ClF3N5O/c1-7-4-10(23)22-12(19-11(20-22)13(15,16)17)21(7)6-8-2-3-9(14)18-5-8/h2-5H,6H2,1H3. The third-order valence-corrected chi connectivity index (χ3v) is 3.40. The molecule has 23 heavy (non-hydrogen) atoms. The van der Waals surface area contributed by atoms with Crippen LogP contribution in [-0.2, 0) is 12.7 Å². The maximum absolute atomic E-state index is 12.8. The number of aromatic nitrogens is 5. The molecule has 0 saturated carbocycles. The third-order valence-electron chi connectivity index (χ3n) is 3.18. The number of rotatable bonds is 2. The zero-order valence-corrected chi connectivity index (χ0v) is 12.4. The van der Waals surface area contributed by atoms with Gasteiger partial charge in [0.2, 0.25) is 5.78 Å². The molecule has 0 aromatic carbocycles. The topological polar surface area (TPSA) is 65.1 Å². The van der Waals surface area contributed by atoms with Crippen molar-refractivity contribution in [3.63, 3.8) is 0 Å². The fourth-order valence-electron chi connectivity index (χ4n) is 2.10. The molecule has 3 aromatic heterocycles. The summed E-state index contributed by atoms with van der Waals surface area (Å²) in [6, 6.07) is 4.45. The first-order valence-electron chi connectivity index (χ1n) is 6.40. The lowest BCUT2D eigenvalue weighted by atomic mass is 10.2. The molecule has 0 atom stereocenters. The molecule has 6 nitrogen and oxygen atoms in total. The van der Waals surface area contributed by atoms with Crippen molar-refractivity contribution in [2.75, 3.05) is 0 Å². The van der Waals surface area contributed by atoms with Crippen molar-refractivity contribution < 1.29 is 13.2 Å². The first-order valence-corrected chi connectivity index (χ1v) is 6.78. The molecule has 0 spiro atoms. The number of hydrogen-bond donors (Lipinski definition) is 0. The minimum absolute atomic E-state index is 0.176. The molecule has 0 aliphatic carbocycles. The van der Waals surface area contributed by atoms with Gasteiger partial charge >= 0.3 is 6.18 Å². The highest BCUT2D eigenvalue weighted by atomic mass is 35.5. The Morgan fingerprint density at radius 2 is 2.04 bits per heavy atom. The minimum Gasteiger partial charge on any atom is -0.310 e. The lowest BCUT2D eigenvalue weighted by Gasteiger charge is -2.11. The van der Waals surface area contributed by atoms with Crippen LogP contribution in [0.3, 0.4) is 0 Å². The number of hydrogen-bond acceptors (Lipinski definition) is 4. The summed E-state index contributed by atoms with van der Waals surface area (Å²) in [6.07, 6.45) is -3.23. The molecular weight excluding hydrogens is 335 g/mol. The molecule has 0 N–H and O–H groups in total. The summed E-state index contributed by atoms with van der Waals surface area (Å²) >= 11 is 5.70. The first kappa shape index (κ1) is 15.5. The second-order valence-electron chi connectivity index (χ2n) is 4.84. The predicted octanol–water partition coefficient (Wildman–Crippen LogP) is 2.31. The summed E-state index contributed by atoms with van der Waals surface area (Å²) < 4.78 is 40.5. The van der Waals surface area contributed by atoms with Crippen molar-refractivity contribution in [3.05, 3.63) is 57.0 Å². The molecule has 10 heteroatoms. The molecule has 0 aliphatic rings. The Kier molecular flexibility index (Phi) is 3.59. The monoisotopic (exact) mass is 343 g/mol. The van der Waals surface area contributed by atoms with E-state index in [4.69, 9.17) is 11.6 Å². The van der Waals surface area contributed by atoms with Crippen LogP contribution in [0, 0.1) is 6.92 Å². The highest BCUT2D eigenvalue weighted by Gasteiger charge is 2.37. The number of pyridine rings is 1. The van der Waals surface area contributed by atoms with Crippen molar-refractivity contribution in [2.45, 2.75) is 19.6 Å². The zero-order chi connectivity index (χ0) is 16.8. The van der Waals surface area contributed by atoms with Crippen molar-refractivity contribution in [3.8, 4) is 0 Å². The van der Waals surface area contributed by atoms with E-state index in [0.717, 1.165) is 0 Å². The van der Waals surface area contributed by atoms with E-state index in [0.29, 0.717) is 20.9 Å². The Morgan fingerprint density at radius 3 is 2.65 bits per heavy atom. The molecule has 0 radical (unpaired) electrons. The molecule has 0 fully saturated rings. The molecule has 0 bridgehead atoms. The van der Waals surface area contributed by atoms with Gasteiger partial charge in [-0.2, -0.15) is 22.7 Å². The summed E-state index contributed by atoms with van der Waals surface area (Å²) in [5.74, 6) is -1.54. The lowest BCUT2D eigenvalue weighted by molar-refractivity contribution is -0.144. The van der Waals surface area contributed by atoms with Crippen LogP contribution in [0.5, 0.6) is 0 Å². The van der Waals surface area contributed by atoms with E-state index in [1.54, 1.807) is 19.1 Å². The van der Waals surface area contributed by atoms with Crippen LogP contribution < -0.4 is 5.56 Å². The molecule has 3 aromatic rings. The molecule has 0 saturated heterocycles. The van der Waals surface area contributed by atoms with Crippen molar-refractivity contribution in [2.24, 2.45) is 0 Å². The van der Waals surface area contributed by atoms with E-state index in [1.807, 2.05) is 0 Å². The highest BCUT2D eigenvalue weighted by Crippen LogP contribution is 2.26. The minimum atomic E-state index is -4.73. The molecule has 0 aliphatic heterocycles. The van der Waals surface area contributed by atoms with Crippen LogP contribution in [0.15, 0.2) is 29.2 Å². The quantitative estimate of drug-likeness (QED) is 0.670. The Balaban J connectivity index is 2.17. The average molecular weight is 344 g/mol. The van der Waals surface area contributed by atoms with Gasteiger partial charge in [-0.1, -0.05) is 17.7 Å². The predicted molar refractivity (Wildman–Crippen MR) is 75.3 cm³/mol. The summed E-state index contributed by atoms with van der Waals surface area (Å²) in [5.41, 5.74) is 0.476. The number of nitrogens with zero attached hydrogens (tertiary/aromatic N) is 5. The number of halogens is 4. The van der Waals surface area contributed by atoms with E-state index in [1.165, 1.54) is 16.8 Å². The van der Waals surface area contributed by atoms with Crippen LogP contribution in [-0.4, -0.2) is 24.1 Å². The second-order valence-corrected chi connectivity index (χ2v) is 5.23. The van der Waals surface area contributed by atoms with Gasteiger partial charge < -0.3 is 4.57 Å². The van der Waals surface area contributed by atoms with Crippen molar-refractivity contribution >= 4 is 17.4 Å². The SMILES string of the molecule is Cc1cc(=O)n2nc(C(F)(F)F)nc2n1Cc1ccc(Cl)nc1. The van der Waals surface area contributed by atoms with Gasteiger partial charge in [0.05, 0.1) is 6.54 Å². The summed E-state index contributed by atoms with van der Waals surface area (Å²) in [5, 5.41) is 3.55. The van der Waals surface area contributed by atoms with Gasteiger partial charge in [-0.15, -0.1) is 5.10 Å². The van der Waals surface area contributed by atoms with Crippen molar-refractivity contribution in [1.82, 2.24) is 24.1 Å². The summed E-state index contributed by atoms with van der Waals surface area (Å²) in [6.45, 7) is 1.78. The largest absolute Gasteiger partial charge is 0.453 e. The summed E-state index contributed by atoms with van der Waals surface area (Å²) in [4.78, 5) is 19.2. The molecule has 120 valence electrons. The molecule has 3 heterocycles. The Labute approximate surface area is 132 Å². The number of aryl methyl sites for hydroxylation is 1. The van der Waals surface area contributed by atoms with E-state index in [-0.39, 0.29) is 12.3 Å². The van der Waals surface area contributed by atoms with Gasteiger partial charge in [-0.3, -0.25) is 4.79 Å². The van der Waals surface area contributed by atoms with Crippen molar-refractivity contribution in [1.29, 1.82) is 0 Å². The average Bonchev–Trinajstić information content (AvgIpc) is 2.91.